The maximum atomic E-state index is 12.8. The van der Waals surface area contributed by atoms with E-state index in [2.05, 4.69) is 118 Å². The molecule has 0 aliphatic heterocycles. The van der Waals surface area contributed by atoms with E-state index in [-0.39, 0.29) is 31.1 Å². The van der Waals surface area contributed by atoms with Gasteiger partial charge in [0.05, 0.1) is 0 Å². The van der Waals surface area contributed by atoms with Crippen LogP contribution in [0.15, 0.2) is 97.2 Å². The predicted molar refractivity (Wildman–Crippen MR) is 270 cm³/mol. The van der Waals surface area contributed by atoms with Crippen molar-refractivity contribution in [3.63, 3.8) is 0 Å². The van der Waals surface area contributed by atoms with Crippen LogP contribution < -0.4 is 0 Å². The molecule has 0 bridgehead atoms. The van der Waals surface area contributed by atoms with E-state index >= 15 is 0 Å². The van der Waals surface area contributed by atoms with Gasteiger partial charge in [0, 0.05) is 19.3 Å². The Morgan fingerprint density at radius 2 is 0.698 bits per heavy atom. The van der Waals surface area contributed by atoms with Gasteiger partial charge < -0.3 is 14.2 Å². The Balaban J connectivity index is 4.41. The van der Waals surface area contributed by atoms with Crippen LogP contribution in [0.2, 0.25) is 0 Å². The molecule has 0 spiro atoms. The fourth-order valence-electron chi connectivity index (χ4n) is 6.77. The summed E-state index contributed by atoms with van der Waals surface area (Å²) >= 11 is 0. The number of hydrogen-bond acceptors (Lipinski definition) is 6. The molecule has 63 heavy (non-hydrogen) atoms. The van der Waals surface area contributed by atoms with E-state index < -0.39 is 6.10 Å². The van der Waals surface area contributed by atoms with Crippen LogP contribution in [-0.2, 0) is 28.6 Å². The molecule has 1 unspecified atom stereocenters. The van der Waals surface area contributed by atoms with Gasteiger partial charge in [0.15, 0.2) is 6.10 Å². The smallest absolute Gasteiger partial charge is 0.306 e. The summed E-state index contributed by atoms with van der Waals surface area (Å²) in [5.41, 5.74) is 0. The Labute approximate surface area is 387 Å². The largest absolute Gasteiger partial charge is 0.462 e. The fraction of sp³-hybridized carbons (Fsp3) is 0.667. The molecule has 0 fully saturated rings. The molecule has 1 atom stereocenters. The number of allylic oxidation sites excluding steroid dienone is 16. The van der Waals surface area contributed by atoms with E-state index in [1.807, 2.05) is 0 Å². The molecular formula is C57H94O6. The van der Waals surface area contributed by atoms with Crippen molar-refractivity contribution in [3.05, 3.63) is 97.2 Å². The van der Waals surface area contributed by atoms with E-state index in [0.29, 0.717) is 19.3 Å². The van der Waals surface area contributed by atoms with Gasteiger partial charge in [0.1, 0.15) is 13.2 Å². The van der Waals surface area contributed by atoms with Crippen LogP contribution in [0.3, 0.4) is 0 Å². The van der Waals surface area contributed by atoms with Crippen LogP contribution in [-0.4, -0.2) is 37.2 Å². The van der Waals surface area contributed by atoms with Crippen molar-refractivity contribution in [2.75, 3.05) is 13.2 Å². The molecule has 0 saturated heterocycles. The topological polar surface area (TPSA) is 78.9 Å². The third-order valence-electron chi connectivity index (χ3n) is 10.6. The minimum atomic E-state index is -0.793. The molecule has 0 amide bonds. The van der Waals surface area contributed by atoms with Gasteiger partial charge in [0.25, 0.3) is 0 Å². The minimum absolute atomic E-state index is 0.0927. The van der Waals surface area contributed by atoms with Gasteiger partial charge in [-0.05, 0) is 96.3 Å². The molecular weight excluding hydrogens is 781 g/mol. The standard InChI is InChI=1S/C57H94O6/c1-4-7-10-13-16-19-22-24-26-27-28-29-31-32-35-38-41-44-47-50-56(59)62-53-54(52-61-55(58)49-46-43-40-37-34-21-18-15-12-9-6-3)63-57(60)51-48-45-42-39-36-33-30-25-23-20-17-14-11-8-5-2/h7-8,10-11,14-20,23-24,26,28-29,54H,4-6,9,12-13,21-22,25,27,30-53H2,1-3H3/b10-7-,11-8-,17-14-,18-15-,19-16-,23-20-,26-24-,29-28-. The van der Waals surface area contributed by atoms with Crippen LogP contribution in [0.4, 0.5) is 0 Å². The maximum absolute atomic E-state index is 12.8. The normalized spacial score (nSPS) is 12.9. The molecule has 358 valence electrons. The lowest BCUT2D eigenvalue weighted by Gasteiger charge is -2.18. The zero-order chi connectivity index (χ0) is 45.8. The van der Waals surface area contributed by atoms with Crippen molar-refractivity contribution in [2.45, 2.75) is 232 Å². The number of hydrogen-bond donors (Lipinski definition) is 0. The molecule has 0 aliphatic carbocycles. The third kappa shape index (κ3) is 49.2. The second kappa shape index (κ2) is 51.0. The zero-order valence-corrected chi connectivity index (χ0v) is 40.8. The Hall–Kier alpha value is -3.67. The summed E-state index contributed by atoms with van der Waals surface area (Å²) in [5, 5.41) is 0. The summed E-state index contributed by atoms with van der Waals surface area (Å²) in [4.78, 5) is 38.0. The summed E-state index contributed by atoms with van der Waals surface area (Å²) in [6.07, 6.45) is 66.7. The maximum Gasteiger partial charge on any atom is 0.306 e. The van der Waals surface area contributed by atoms with Crippen molar-refractivity contribution >= 4 is 17.9 Å². The molecule has 0 heterocycles. The molecule has 0 N–H and O–H groups in total. The molecule has 0 aromatic heterocycles. The number of carbonyl (C=O) groups excluding carboxylic acids is 3. The van der Waals surface area contributed by atoms with Crippen molar-refractivity contribution in [3.8, 4) is 0 Å². The Bertz CT molecular complexity index is 1280. The molecule has 6 nitrogen and oxygen atoms in total. The first-order chi connectivity index (χ1) is 31.0. The van der Waals surface area contributed by atoms with Crippen LogP contribution >= 0.6 is 0 Å². The monoisotopic (exact) mass is 875 g/mol. The summed E-state index contributed by atoms with van der Waals surface area (Å²) in [6.45, 7) is 6.32. The highest BCUT2D eigenvalue weighted by atomic mass is 16.6. The average Bonchev–Trinajstić information content (AvgIpc) is 3.28. The van der Waals surface area contributed by atoms with Gasteiger partial charge >= 0.3 is 17.9 Å². The number of carbonyl (C=O) groups is 3. The van der Waals surface area contributed by atoms with Crippen molar-refractivity contribution in [1.82, 2.24) is 0 Å². The number of unbranched alkanes of at least 4 members (excludes halogenated alkanes) is 20. The SMILES string of the molecule is CC\C=C/C=C\C=C/CCCCCCCCCC(=O)OC(COC(=O)CCCCCCC/C=C\CCCC)COC(=O)CCCCCCCC/C=C\C/C=C\C/C=C\C/C=C\CC. The van der Waals surface area contributed by atoms with Crippen LogP contribution in [0, 0.1) is 0 Å². The Morgan fingerprint density at radius 3 is 1.16 bits per heavy atom. The summed E-state index contributed by atoms with van der Waals surface area (Å²) in [6, 6.07) is 0. The van der Waals surface area contributed by atoms with Gasteiger partial charge in [-0.1, -0.05) is 208 Å². The summed E-state index contributed by atoms with van der Waals surface area (Å²) in [5.74, 6) is -0.932. The first kappa shape index (κ1) is 59.3. The predicted octanol–water partition coefficient (Wildman–Crippen LogP) is 17.0. The van der Waals surface area contributed by atoms with Gasteiger partial charge in [-0.3, -0.25) is 14.4 Å². The molecule has 0 rings (SSSR count). The van der Waals surface area contributed by atoms with E-state index in [1.165, 1.54) is 57.8 Å². The average molecular weight is 875 g/mol. The van der Waals surface area contributed by atoms with E-state index in [4.69, 9.17) is 14.2 Å². The van der Waals surface area contributed by atoms with Gasteiger partial charge in [0.2, 0.25) is 0 Å². The lowest BCUT2D eigenvalue weighted by atomic mass is 10.1. The summed E-state index contributed by atoms with van der Waals surface area (Å²) in [7, 11) is 0. The Kier molecular flexibility index (Phi) is 48.0. The van der Waals surface area contributed by atoms with E-state index in [1.54, 1.807) is 0 Å². The van der Waals surface area contributed by atoms with Crippen LogP contribution in [0.5, 0.6) is 0 Å². The fourth-order valence-corrected chi connectivity index (χ4v) is 6.77. The van der Waals surface area contributed by atoms with E-state index in [0.717, 1.165) is 128 Å². The minimum Gasteiger partial charge on any atom is -0.462 e. The Morgan fingerprint density at radius 1 is 0.349 bits per heavy atom. The quantitative estimate of drug-likeness (QED) is 0.0199. The van der Waals surface area contributed by atoms with Gasteiger partial charge in [-0.2, -0.15) is 0 Å². The second-order valence-corrected chi connectivity index (χ2v) is 16.7. The van der Waals surface area contributed by atoms with E-state index in [9.17, 15) is 14.4 Å². The highest BCUT2D eigenvalue weighted by Crippen LogP contribution is 2.14. The zero-order valence-electron chi connectivity index (χ0n) is 40.8. The first-order valence-corrected chi connectivity index (χ1v) is 25.8. The van der Waals surface area contributed by atoms with Crippen molar-refractivity contribution in [2.24, 2.45) is 0 Å². The van der Waals surface area contributed by atoms with Crippen LogP contribution in [0.1, 0.15) is 226 Å². The van der Waals surface area contributed by atoms with Crippen molar-refractivity contribution in [1.29, 1.82) is 0 Å². The second-order valence-electron chi connectivity index (χ2n) is 16.7. The molecule has 0 aliphatic rings. The third-order valence-corrected chi connectivity index (χ3v) is 10.6. The molecule has 6 heteroatoms. The molecule has 0 aromatic carbocycles. The number of rotatable bonds is 45. The molecule has 0 radical (unpaired) electrons. The van der Waals surface area contributed by atoms with Gasteiger partial charge in [-0.15, -0.1) is 0 Å². The van der Waals surface area contributed by atoms with Gasteiger partial charge in [-0.25, -0.2) is 0 Å². The molecule has 0 saturated carbocycles. The highest BCUT2D eigenvalue weighted by molar-refractivity contribution is 5.71. The number of ether oxygens (including phenoxy) is 3. The number of esters is 3. The first-order valence-electron chi connectivity index (χ1n) is 25.8. The molecule has 0 aromatic rings. The highest BCUT2D eigenvalue weighted by Gasteiger charge is 2.19. The van der Waals surface area contributed by atoms with Crippen molar-refractivity contribution < 1.29 is 28.6 Å². The lowest BCUT2D eigenvalue weighted by Crippen LogP contribution is -2.30. The van der Waals surface area contributed by atoms with Crippen LogP contribution in [0.25, 0.3) is 0 Å². The summed E-state index contributed by atoms with van der Waals surface area (Å²) < 4.78 is 16.8. The lowest BCUT2D eigenvalue weighted by molar-refractivity contribution is -0.167.